The first kappa shape index (κ1) is 18.9. The summed E-state index contributed by atoms with van der Waals surface area (Å²) >= 11 is 0. The Bertz CT molecular complexity index is 874. The summed E-state index contributed by atoms with van der Waals surface area (Å²) in [6.45, 7) is 6.07. The zero-order valence-corrected chi connectivity index (χ0v) is 16.1. The summed E-state index contributed by atoms with van der Waals surface area (Å²) in [7, 11) is 0. The maximum Gasteiger partial charge on any atom is 0.223 e. The molecule has 1 aromatic heterocycles. The van der Waals surface area contributed by atoms with Crippen LogP contribution in [0, 0.1) is 25.2 Å². The van der Waals surface area contributed by atoms with Gasteiger partial charge in [-0.25, -0.2) is 0 Å². The highest BCUT2D eigenvalue weighted by Gasteiger charge is 2.19. The van der Waals surface area contributed by atoms with E-state index in [0.29, 0.717) is 32.4 Å². The molecule has 27 heavy (non-hydrogen) atoms. The van der Waals surface area contributed by atoms with Gasteiger partial charge in [-0.3, -0.25) is 9.48 Å². The van der Waals surface area contributed by atoms with E-state index in [-0.39, 0.29) is 5.91 Å². The van der Waals surface area contributed by atoms with E-state index >= 15 is 0 Å². The molecule has 140 valence electrons. The van der Waals surface area contributed by atoms with Crippen molar-refractivity contribution in [3.05, 3.63) is 58.9 Å². The van der Waals surface area contributed by atoms with E-state index in [1.807, 2.05) is 29.5 Å². The Hall–Kier alpha value is -2.87. The molecule has 2 aromatic rings. The van der Waals surface area contributed by atoms with Crippen molar-refractivity contribution in [2.24, 2.45) is 0 Å². The van der Waals surface area contributed by atoms with Gasteiger partial charge in [0, 0.05) is 25.2 Å². The lowest BCUT2D eigenvalue weighted by Crippen LogP contribution is -2.34. The zero-order chi connectivity index (χ0) is 19.2. The lowest BCUT2D eigenvalue weighted by atomic mass is 9.99. The van der Waals surface area contributed by atoms with Gasteiger partial charge >= 0.3 is 0 Å². The van der Waals surface area contributed by atoms with Gasteiger partial charge in [0.05, 0.1) is 24.7 Å². The van der Waals surface area contributed by atoms with E-state index in [4.69, 9.17) is 5.26 Å². The minimum atomic E-state index is 0.196. The summed E-state index contributed by atoms with van der Waals surface area (Å²) in [5.41, 5.74) is 5.74. The van der Waals surface area contributed by atoms with E-state index < -0.39 is 0 Å². The maximum atomic E-state index is 12.6. The lowest BCUT2D eigenvalue weighted by molar-refractivity contribution is -0.130. The van der Waals surface area contributed by atoms with Crippen molar-refractivity contribution in [1.82, 2.24) is 14.7 Å². The van der Waals surface area contributed by atoms with Gasteiger partial charge in [-0.2, -0.15) is 10.4 Å². The first-order valence-corrected chi connectivity index (χ1v) is 9.52. The molecule has 1 aromatic carbocycles. The molecule has 3 rings (SSSR count). The Balaban J connectivity index is 1.57. The fraction of sp³-hybridized carbons (Fsp3) is 0.409. The van der Waals surface area contributed by atoms with Gasteiger partial charge in [0.2, 0.25) is 5.91 Å². The first-order chi connectivity index (χ1) is 13.1. The predicted octanol–water partition coefficient (Wildman–Crippen LogP) is 3.66. The number of hydrogen-bond donors (Lipinski definition) is 0. The number of carbonyl (C=O) groups excluding carboxylic acids is 1. The minimum Gasteiger partial charge on any atom is -0.339 e. The van der Waals surface area contributed by atoms with Crippen LogP contribution in [0.1, 0.15) is 41.8 Å². The molecule has 0 aliphatic carbocycles. The second-order valence-corrected chi connectivity index (χ2v) is 6.97. The molecular weight excluding hydrogens is 336 g/mol. The van der Waals surface area contributed by atoms with Crippen molar-refractivity contribution < 1.29 is 4.79 Å². The molecule has 0 atom stereocenters. The molecule has 0 bridgehead atoms. The highest BCUT2D eigenvalue weighted by molar-refractivity contribution is 5.78. The molecular formula is C22H26N4O. The fourth-order valence-corrected chi connectivity index (χ4v) is 3.67. The van der Waals surface area contributed by atoms with Crippen molar-refractivity contribution in [1.29, 1.82) is 5.26 Å². The molecule has 1 amide bonds. The average Bonchev–Trinajstić information content (AvgIpc) is 2.98. The number of nitrogens with zero attached hydrogens (tertiary/aromatic N) is 4. The zero-order valence-electron chi connectivity index (χ0n) is 16.1. The molecule has 0 radical (unpaired) electrons. The molecule has 5 nitrogen and oxygen atoms in total. The second-order valence-electron chi connectivity index (χ2n) is 6.97. The Morgan fingerprint density at radius 2 is 2.04 bits per heavy atom. The molecule has 0 spiro atoms. The third kappa shape index (κ3) is 4.46. The van der Waals surface area contributed by atoms with Crippen LogP contribution in [0.2, 0.25) is 0 Å². The van der Waals surface area contributed by atoms with Gasteiger partial charge in [0.1, 0.15) is 0 Å². The monoisotopic (exact) mass is 362 g/mol. The van der Waals surface area contributed by atoms with Gasteiger partial charge in [-0.15, -0.1) is 0 Å². The smallest absolute Gasteiger partial charge is 0.223 e. The number of rotatable bonds is 6. The summed E-state index contributed by atoms with van der Waals surface area (Å²) in [6.07, 6.45) is 4.73. The summed E-state index contributed by atoms with van der Waals surface area (Å²) in [5, 5.41) is 13.3. The summed E-state index contributed by atoms with van der Waals surface area (Å²) < 4.78 is 1.88. The Morgan fingerprint density at radius 1 is 1.26 bits per heavy atom. The summed E-state index contributed by atoms with van der Waals surface area (Å²) in [5.74, 6) is 0.196. The van der Waals surface area contributed by atoms with E-state index in [2.05, 4.69) is 41.5 Å². The van der Waals surface area contributed by atoms with Crippen LogP contribution in [0.4, 0.5) is 0 Å². The third-order valence-electron chi connectivity index (χ3n) is 5.26. The Kier molecular flexibility index (Phi) is 6.08. The van der Waals surface area contributed by atoms with Crippen LogP contribution in [0.5, 0.6) is 0 Å². The highest BCUT2D eigenvalue weighted by Crippen LogP contribution is 2.23. The molecule has 0 fully saturated rings. The van der Waals surface area contributed by atoms with Crippen LogP contribution in [-0.4, -0.2) is 33.7 Å². The highest BCUT2D eigenvalue weighted by atomic mass is 16.2. The molecule has 2 heterocycles. The van der Waals surface area contributed by atoms with Gasteiger partial charge in [-0.05, 0) is 43.4 Å². The van der Waals surface area contributed by atoms with E-state index in [9.17, 15) is 4.79 Å². The molecule has 0 saturated carbocycles. The molecule has 0 unspecified atom stereocenters. The van der Waals surface area contributed by atoms with E-state index in [0.717, 1.165) is 29.9 Å². The summed E-state index contributed by atoms with van der Waals surface area (Å²) in [6, 6.07) is 12.5. The Labute approximate surface area is 160 Å². The number of aryl methyl sites for hydroxylation is 2. The number of aromatic nitrogens is 2. The molecule has 5 heteroatoms. The number of hydrogen-bond acceptors (Lipinski definition) is 3. The number of amides is 1. The number of nitriles is 1. The van der Waals surface area contributed by atoms with Gasteiger partial charge in [-0.1, -0.05) is 36.4 Å². The molecule has 1 aliphatic heterocycles. The molecule has 0 N–H and O–H groups in total. The predicted molar refractivity (Wildman–Crippen MR) is 106 cm³/mol. The van der Waals surface area contributed by atoms with Crippen LogP contribution >= 0.6 is 0 Å². The van der Waals surface area contributed by atoms with Crippen LogP contribution in [0.25, 0.3) is 5.57 Å². The van der Waals surface area contributed by atoms with Gasteiger partial charge < -0.3 is 4.90 Å². The molecule has 0 saturated heterocycles. The van der Waals surface area contributed by atoms with Gasteiger partial charge in [0.15, 0.2) is 0 Å². The van der Waals surface area contributed by atoms with Crippen molar-refractivity contribution in [3.8, 4) is 6.07 Å². The quantitative estimate of drug-likeness (QED) is 0.788. The van der Waals surface area contributed by atoms with Crippen LogP contribution < -0.4 is 0 Å². The lowest BCUT2D eigenvalue weighted by Gasteiger charge is -2.27. The van der Waals surface area contributed by atoms with Crippen LogP contribution in [0.3, 0.4) is 0 Å². The third-order valence-corrected chi connectivity index (χ3v) is 5.26. The standard InChI is InChI=1S/C22H26N4O/c1-17-21(18(2)26(24-17)14-6-13-23)9-10-22(27)25-15-11-20(12-16-25)19-7-4-3-5-8-19/h3-5,7-8,11H,6,9-10,12,14-16H2,1-2H3. The van der Waals surface area contributed by atoms with Crippen molar-refractivity contribution in [2.45, 2.75) is 46.1 Å². The number of benzene rings is 1. The Morgan fingerprint density at radius 3 is 2.70 bits per heavy atom. The number of carbonyl (C=O) groups is 1. The molecule has 1 aliphatic rings. The topological polar surface area (TPSA) is 61.9 Å². The average molecular weight is 362 g/mol. The SMILES string of the molecule is Cc1nn(CCC#N)c(C)c1CCC(=O)N1CC=C(c2ccccc2)CC1. The van der Waals surface area contributed by atoms with Crippen molar-refractivity contribution >= 4 is 11.5 Å². The van der Waals surface area contributed by atoms with E-state index in [1.165, 1.54) is 11.1 Å². The van der Waals surface area contributed by atoms with Gasteiger partial charge in [0.25, 0.3) is 0 Å². The maximum absolute atomic E-state index is 12.6. The van der Waals surface area contributed by atoms with Crippen LogP contribution in [-0.2, 0) is 17.8 Å². The largest absolute Gasteiger partial charge is 0.339 e. The second kappa shape index (κ2) is 8.68. The van der Waals surface area contributed by atoms with Crippen LogP contribution in [0.15, 0.2) is 36.4 Å². The van der Waals surface area contributed by atoms with Crippen molar-refractivity contribution in [3.63, 3.8) is 0 Å². The first-order valence-electron chi connectivity index (χ1n) is 9.52. The summed E-state index contributed by atoms with van der Waals surface area (Å²) in [4.78, 5) is 14.6. The van der Waals surface area contributed by atoms with Crippen molar-refractivity contribution in [2.75, 3.05) is 13.1 Å². The minimum absolute atomic E-state index is 0.196. The van der Waals surface area contributed by atoms with E-state index in [1.54, 1.807) is 0 Å². The normalized spacial score (nSPS) is 14.0. The fourth-order valence-electron chi connectivity index (χ4n) is 3.67.